The first-order chi connectivity index (χ1) is 15.9. The monoisotopic (exact) mass is 485 g/mol. The Bertz CT molecular complexity index is 1260. The van der Waals surface area contributed by atoms with Crippen molar-refractivity contribution in [1.29, 1.82) is 0 Å². The van der Waals surface area contributed by atoms with Crippen molar-refractivity contribution in [2.45, 2.75) is 17.7 Å². The van der Waals surface area contributed by atoms with E-state index in [-0.39, 0.29) is 16.5 Å². The lowest BCUT2D eigenvalue weighted by Crippen LogP contribution is -2.22. The molecule has 9 heteroatoms. The van der Waals surface area contributed by atoms with Crippen molar-refractivity contribution < 1.29 is 17.9 Å². The summed E-state index contributed by atoms with van der Waals surface area (Å²) in [6.07, 6.45) is 2.08. The van der Waals surface area contributed by atoms with Gasteiger partial charge in [0, 0.05) is 18.7 Å². The Labute approximate surface area is 198 Å². The number of hydrogen-bond donors (Lipinski definition) is 2. The quantitative estimate of drug-likeness (QED) is 0.491. The normalized spacial score (nSPS) is 13.6. The van der Waals surface area contributed by atoms with Crippen LogP contribution >= 0.6 is 11.6 Å². The smallest absolute Gasteiger partial charge is 0.262 e. The first-order valence-electron chi connectivity index (χ1n) is 10.5. The Morgan fingerprint density at radius 2 is 1.67 bits per heavy atom. The van der Waals surface area contributed by atoms with E-state index in [9.17, 15) is 13.2 Å². The van der Waals surface area contributed by atoms with Gasteiger partial charge in [0.25, 0.3) is 15.9 Å². The Morgan fingerprint density at radius 1 is 0.970 bits per heavy atom. The van der Waals surface area contributed by atoms with Crippen LogP contribution in [0.1, 0.15) is 23.2 Å². The summed E-state index contributed by atoms with van der Waals surface area (Å²) in [5, 5.41) is 3.18. The van der Waals surface area contributed by atoms with Gasteiger partial charge < -0.3 is 15.0 Å². The molecule has 0 aromatic heterocycles. The van der Waals surface area contributed by atoms with Crippen LogP contribution in [-0.2, 0) is 10.0 Å². The molecule has 4 rings (SSSR count). The summed E-state index contributed by atoms with van der Waals surface area (Å²) in [6, 6.07) is 18.1. The van der Waals surface area contributed by atoms with Crippen molar-refractivity contribution in [1.82, 2.24) is 0 Å². The average Bonchev–Trinajstić information content (AvgIpc) is 3.35. The number of nitrogens with one attached hydrogen (secondary N) is 2. The van der Waals surface area contributed by atoms with Gasteiger partial charge in [-0.15, -0.1) is 0 Å². The zero-order chi connectivity index (χ0) is 23.4. The number of nitrogens with zero attached hydrogens (tertiary/aromatic N) is 1. The average molecular weight is 486 g/mol. The van der Waals surface area contributed by atoms with E-state index < -0.39 is 10.0 Å². The van der Waals surface area contributed by atoms with Gasteiger partial charge in [-0.1, -0.05) is 23.7 Å². The van der Waals surface area contributed by atoms with E-state index in [4.69, 9.17) is 16.3 Å². The molecular formula is C24H24ClN3O4S. The predicted octanol–water partition coefficient (Wildman–Crippen LogP) is 5.00. The van der Waals surface area contributed by atoms with Crippen LogP contribution in [0.25, 0.3) is 0 Å². The number of hydrogen-bond acceptors (Lipinski definition) is 5. The molecule has 1 heterocycles. The second kappa shape index (κ2) is 9.72. The molecule has 1 saturated heterocycles. The molecule has 1 fully saturated rings. The van der Waals surface area contributed by atoms with Crippen molar-refractivity contribution in [2.24, 2.45) is 0 Å². The van der Waals surface area contributed by atoms with E-state index in [0.717, 1.165) is 31.6 Å². The topological polar surface area (TPSA) is 87.7 Å². The summed E-state index contributed by atoms with van der Waals surface area (Å²) in [5.41, 5.74) is 1.93. The Hall–Kier alpha value is -3.23. The van der Waals surface area contributed by atoms with E-state index in [0.29, 0.717) is 22.0 Å². The molecule has 0 unspecified atom stereocenters. The lowest BCUT2D eigenvalue weighted by Gasteiger charge is -2.22. The first-order valence-corrected chi connectivity index (χ1v) is 12.4. The summed E-state index contributed by atoms with van der Waals surface area (Å²) < 4.78 is 33.8. The minimum Gasteiger partial charge on any atom is -0.497 e. The zero-order valence-corrected chi connectivity index (χ0v) is 19.6. The molecule has 1 amide bonds. The number of rotatable bonds is 7. The maximum Gasteiger partial charge on any atom is 0.262 e. The van der Waals surface area contributed by atoms with Gasteiger partial charge in [-0.05, 0) is 67.4 Å². The number of para-hydroxylation sites is 1. The first kappa shape index (κ1) is 22.9. The van der Waals surface area contributed by atoms with Crippen LogP contribution in [0.2, 0.25) is 5.02 Å². The van der Waals surface area contributed by atoms with E-state index in [2.05, 4.69) is 14.9 Å². The second-order valence-electron chi connectivity index (χ2n) is 7.64. The molecule has 2 N–H and O–H groups in total. The highest BCUT2D eigenvalue weighted by molar-refractivity contribution is 7.92. The molecule has 3 aromatic rings. The Kier molecular flexibility index (Phi) is 6.76. The maximum atomic E-state index is 13.1. The molecule has 1 aliphatic rings. The fraction of sp³-hybridized carbons (Fsp3) is 0.208. The lowest BCUT2D eigenvalue weighted by molar-refractivity contribution is 0.102. The second-order valence-corrected chi connectivity index (χ2v) is 9.73. The van der Waals surface area contributed by atoms with Gasteiger partial charge in [0.15, 0.2) is 0 Å². The van der Waals surface area contributed by atoms with Crippen molar-refractivity contribution >= 4 is 44.6 Å². The fourth-order valence-electron chi connectivity index (χ4n) is 3.70. The third kappa shape index (κ3) is 5.23. The van der Waals surface area contributed by atoms with E-state index >= 15 is 0 Å². The number of ether oxygens (including phenoxy) is 1. The fourth-order valence-corrected chi connectivity index (χ4v) is 5.05. The molecule has 33 heavy (non-hydrogen) atoms. The van der Waals surface area contributed by atoms with Gasteiger partial charge in [-0.25, -0.2) is 8.42 Å². The molecule has 1 aliphatic heterocycles. The summed E-state index contributed by atoms with van der Waals surface area (Å²) in [5.74, 6) is 0.301. The van der Waals surface area contributed by atoms with Crippen molar-refractivity contribution in [3.8, 4) is 5.75 Å². The van der Waals surface area contributed by atoms with Crippen molar-refractivity contribution in [3.05, 3.63) is 77.3 Å². The summed E-state index contributed by atoms with van der Waals surface area (Å²) in [4.78, 5) is 15.1. The SMILES string of the molecule is COc1ccc(C(=O)Nc2cc(S(=O)(=O)Nc3ccccc3Cl)ccc2N2CCCC2)cc1. The van der Waals surface area contributed by atoms with Crippen LogP contribution in [0.4, 0.5) is 17.1 Å². The third-order valence-corrected chi connectivity index (χ3v) is 7.14. The number of anilines is 3. The Morgan fingerprint density at radius 3 is 2.33 bits per heavy atom. The van der Waals surface area contributed by atoms with Crippen LogP contribution < -0.4 is 19.7 Å². The van der Waals surface area contributed by atoms with E-state index in [1.54, 1.807) is 61.7 Å². The highest BCUT2D eigenvalue weighted by Gasteiger charge is 2.22. The maximum absolute atomic E-state index is 13.1. The molecule has 0 atom stereocenters. The lowest BCUT2D eigenvalue weighted by atomic mass is 10.2. The van der Waals surface area contributed by atoms with Crippen molar-refractivity contribution in [2.75, 3.05) is 35.1 Å². The number of benzene rings is 3. The third-order valence-electron chi connectivity index (χ3n) is 5.44. The number of carbonyl (C=O) groups excluding carboxylic acids is 1. The number of amides is 1. The van der Waals surface area contributed by atoms with E-state index in [1.165, 1.54) is 12.1 Å². The number of halogens is 1. The van der Waals surface area contributed by atoms with Gasteiger partial charge in [0.1, 0.15) is 5.75 Å². The van der Waals surface area contributed by atoms with Gasteiger partial charge in [0.05, 0.1) is 34.1 Å². The van der Waals surface area contributed by atoms with Gasteiger partial charge >= 0.3 is 0 Å². The van der Waals surface area contributed by atoms with Crippen LogP contribution in [0.3, 0.4) is 0 Å². The molecule has 7 nitrogen and oxygen atoms in total. The predicted molar refractivity (Wildman–Crippen MR) is 131 cm³/mol. The van der Waals surface area contributed by atoms with Crippen LogP contribution in [0.15, 0.2) is 71.6 Å². The van der Waals surface area contributed by atoms with Crippen LogP contribution in [0, 0.1) is 0 Å². The highest BCUT2D eigenvalue weighted by Crippen LogP contribution is 2.33. The summed E-state index contributed by atoms with van der Waals surface area (Å²) >= 11 is 6.12. The number of methoxy groups -OCH3 is 1. The van der Waals surface area contributed by atoms with Crippen molar-refractivity contribution in [3.63, 3.8) is 0 Å². The zero-order valence-electron chi connectivity index (χ0n) is 18.0. The number of carbonyl (C=O) groups is 1. The highest BCUT2D eigenvalue weighted by atomic mass is 35.5. The molecular weight excluding hydrogens is 462 g/mol. The molecule has 0 spiro atoms. The largest absolute Gasteiger partial charge is 0.497 e. The van der Waals surface area contributed by atoms with Gasteiger partial charge in [-0.3, -0.25) is 9.52 Å². The minimum atomic E-state index is -3.93. The van der Waals surface area contributed by atoms with Crippen LogP contribution in [0.5, 0.6) is 5.75 Å². The summed E-state index contributed by atoms with van der Waals surface area (Å²) in [7, 11) is -2.37. The number of sulfonamides is 1. The molecule has 172 valence electrons. The molecule has 0 saturated carbocycles. The minimum absolute atomic E-state index is 0.0235. The van der Waals surface area contributed by atoms with Gasteiger partial charge in [0.2, 0.25) is 0 Å². The Balaban J connectivity index is 1.66. The molecule has 0 aliphatic carbocycles. The standard InChI is InChI=1S/C24H24ClN3O4S/c1-32-18-10-8-17(9-11-18)24(29)26-22-16-19(12-13-23(22)28-14-4-5-15-28)33(30,31)27-21-7-3-2-6-20(21)25/h2-3,6-13,16,27H,4-5,14-15H2,1H3,(H,26,29). The van der Waals surface area contributed by atoms with Crippen LogP contribution in [-0.4, -0.2) is 34.5 Å². The molecule has 0 bridgehead atoms. The van der Waals surface area contributed by atoms with E-state index in [1.807, 2.05) is 0 Å². The molecule has 0 radical (unpaired) electrons. The van der Waals surface area contributed by atoms with Gasteiger partial charge in [-0.2, -0.15) is 0 Å². The summed E-state index contributed by atoms with van der Waals surface area (Å²) in [6.45, 7) is 1.69. The molecule has 3 aromatic carbocycles.